The van der Waals surface area contributed by atoms with Gasteiger partial charge >= 0.3 is 5.97 Å². The van der Waals surface area contributed by atoms with Crippen molar-refractivity contribution in [1.29, 1.82) is 0 Å². The Kier molecular flexibility index (Phi) is 6.98. The van der Waals surface area contributed by atoms with E-state index in [1.165, 1.54) is 13.2 Å². The molecule has 0 saturated carbocycles. The first-order valence-electron chi connectivity index (χ1n) is 8.47. The molecule has 2 aromatic rings. The van der Waals surface area contributed by atoms with Crippen LogP contribution in [-0.4, -0.2) is 19.0 Å². The molecule has 4 nitrogen and oxygen atoms in total. The van der Waals surface area contributed by atoms with E-state index in [4.69, 9.17) is 11.6 Å². The zero-order valence-electron chi connectivity index (χ0n) is 15.1. The van der Waals surface area contributed by atoms with Crippen LogP contribution in [0.3, 0.4) is 0 Å². The number of carbonyl (C=O) groups is 2. The number of methoxy groups -OCH3 is 1. The molecule has 0 aliphatic rings. The maximum absolute atomic E-state index is 12.3. The van der Waals surface area contributed by atoms with Crippen LogP contribution >= 0.6 is 11.6 Å². The largest absolute Gasteiger partial charge is 0.465 e. The Labute approximate surface area is 158 Å². The molecule has 0 unspecified atom stereocenters. The number of hydrogen-bond acceptors (Lipinski definition) is 3. The minimum Gasteiger partial charge on any atom is -0.465 e. The number of nitrogens with one attached hydrogen (secondary N) is 1. The number of aryl methyl sites for hydroxylation is 1. The molecule has 0 aromatic heterocycles. The van der Waals surface area contributed by atoms with Crippen molar-refractivity contribution in [3.05, 3.63) is 69.8 Å². The Morgan fingerprint density at radius 1 is 1.08 bits per heavy atom. The molecule has 0 saturated heterocycles. The highest BCUT2D eigenvalue weighted by molar-refractivity contribution is 6.32. The fraction of sp³-hybridized carbons (Fsp3) is 0.238. The van der Waals surface area contributed by atoms with Gasteiger partial charge in [-0.15, -0.1) is 0 Å². The van der Waals surface area contributed by atoms with Crippen LogP contribution in [0.15, 0.2) is 42.5 Å². The van der Waals surface area contributed by atoms with E-state index < -0.39 is 5.97 Å². The highest BCUT2D eigenvalue weighted by Gasteiger charge is 2.12. The Balaban J connectivity index is 2.15. The zero-order valence-corrected chi connectivity index (χ0v) is 15.9. The van der Waals surface area contributed by atoms with Crippen molar-refractivity contribution in [3.63, 3.8) is 0 Å². The zero-order chi connectivity index (χ0) is 19.1. The first-order chi connectivity index (χ1) is 12.5. The number of amides is 1. The van der Waals surface area contributed by atoms with Crippen molar-refractivity contribution >= 4 is 35.2 Å². The topological polar surface area (TPSA) is 55.4 Å². The third-order valence-corrected chi connectivity index (χ3v) is 4.44. The number of anilines is 1. The Bertz CT molecular complexity index is 826. The molecule has 1 amide bonds. The SMILES string of the molecule is CCc1ccc(Cl)c(CC)c1NC(=O)/C=C/c1ccc(C(=O)OC)cc1. The summed E-state index contributed by atoms with van der Waals surface area (Å²) < 4.78 is 4.66. The first kappa shape index (κ1) is 19.7. The summed E-state index contributed by atoms with van der Waals surface area (Å²) in [7, 11) is 1.34. The minimum atomic E-state index is -0.390. The predicted octanol–water partition coefficient (Wildman–Crippen LogP) is 4.90. The summed E-state index contributed by atoms with van der Waals surface area (Å²) in [5, 5.41) is 3.60. The lowest BCUT2D eigenvalue weighted by Crippen LogP contribution is -2.12. The van der Waals surface area contributed by atoms with E-state index in [0.29, 0.717) is 10.6 Å². The fourth-order valence-electron chi connectivity index (χ4n) is 2.65. The third kappa shape index (κ3) is 4.73. The molecule has 0 aliphatic heterocycles. The number of halogens is 1. The van der Waals surface area contributed by atoms with Crippen LogP contribution in [0, 0.1) is 0 Å². The van der Waals surface area contributed by atoms with Gasteiger partial charge in [0.15, 0.2) is 0 Å². The molecule has 0 radical (unpaired) electrons. The number of hydrogen-bond donors (Lipinski definition) is 1. The molecule has 1 N–H and O–H groups in total. The van der Waals surface area contributed by atoms with Gasteiger partial charge in [0.2, 0.25) is 5.91 Å². The maximum Gasteiger partial charge on any atom is 0.337 e. The highest BCUT2D eigenvalue weighted by Crippen LogP contribution is 2.29. The summed E-state index contributed by atoms with van der Waals surface area (Å²) in [6.07, 6.45) is 4.70. The van der Waals surface area contributed by atoms with Gasteiger partial charge in [0, 0.05) is 16.8 Å². The maximum atomic E-state index is 12.3. The number of rotatable bonds is 6. The summed E-state index contributed by atoms with van der Waals surface area (Å²) in [6, 6.07) is 10.6. The van der Waals surface area contributed by atoms with Crippen LogP contribution < -0.4 is 5.32 Å². The summed E-state index contributed by atoms with van der Waals surface area (Å²) in [6.45, 7) is 4.05. The Morgan fingerprint density at radius 2 is 1.77 bits per heavy atom. The third-order valence-electron chi connectivity index (χ3n) is 4.08. The van der Waals surface area contributed by atoms with Crippen molar-refractivity contribution in [2.45, 2.75) is 26.7 Å². The lowest BCUT2D eigenvalue weighted by Gasteiger charge is -2.15. The fourth-order valence-corrected chi connectivity index (χ4v) is 2.94. The molecule has 0 aliphatic carbocycles. The van der Waals surface area contributed by atoms with Crippen molar-refractivity contribution < 1.29 is 14.3 Å². The van der Waals surface area contributed by atoms with E-state index >= 15 is 0 Å². The van der Waals surface area contributed by atoms with Gasteiger partial charge in [-0.3, -0.25) is 4.79 Å². The molecule has 136 valence electrons. The van der Waals surface area contributed by atoms with Crippen molar-refractivity contribution in [2.75, 3.05) is 12.4 Å². The van der Waals surface area contributed by atoms with Gasteiger partial charge in [-0.25, -0.2) is 4.79 Å². The highest BCUT2D eigenvalue weighted by atomic mass is 35.5. The molecule has 2 aromatic carbocycles. The van der Waals surface area contributed by atoms with Crippen molar-refractivity contribution in [2.24, 2.45) is 0 Å². The summed E-state index contributed by atoms with van der Waals surface area (Å²) in [5.41, 5.74) is 4.06. The molecule has 2 rings (SSSR count). The Morgan fingerprint density at radius 3 is 2.35 bits per heavy atom. The molecule has 0 bridgehead atoms. The van der Waals surface area contributed by atoms with E-state index in [-0.39, 0.29) is 5.91 Å². The van der Waals surface area contributed by atoms with Crippen molar-refractivity contribution in [3.8, 4) is 0 Å². The molecular formula is C21H22ClNO3. The predicted molar refractivity (Wildman–Crippen MR) is 106 cm³/mol. The van der Waals surface area contributed by atoms with Crippen LogP contribution in [0.1, 0.15) is 40.9 Å². The number of esters is 1. The standard InChI is InChI=1S/C21H22ClNO3/c1-4-15-11-12-18(22)17(5-2)20(15)23-19(24)13-8-14-6-9-16(10-7-14)21(25)26-3/h6-13H,4-5H2,1-3H3,(H,23,24)/b13-8+. The van der Waals surface area contributed by atoms with Crippen LogP contribution in [0.5, 0.6) is 0 Å². The second-order valence-electron chi connectivity index (χ2n) is 5.70. The molecular weight excluding hydrogens is 350 g/mol. The monoisotopic (exact) mass is 371 g/mol. The first-order valence-corrected chi connectivity index (χ1v) is 8.85. The molecule has 0 spiro atoms. The Hall–Kier alpha value is -2.59. The molecule has 5 heteroatoms. The smallest absolute Gasteiger partial charge is 0.337 e. The quantitative estimate of drug-likeness (QED) is 0.580. The molecule has 26 heavy (non-hydrogen) atoms. The summed E-state index contributed by atoms with van der Waals surface area (Å²) >= 11 is 6.26. The van der Waals surface area contributed by atoms with Crippen LogP contribution in [0.25, 0.3) is 6.08 Å². The van der Waals surface area contributed by atoms with E-state index in [1.54, 1.807) is 30.3 Å². The average Bonchev–Trinajstić information content (AvgIpc) is 2.66. The van der Waals surface area contributed by atoms with Crippen LogP contribution in [0.4, 0.5) is 5.69 Å². The number of carbonyl (C=O) groups excluding carboxylic acids is 2. The van der Waals surface area contributed by atoms with E-state index in [2.05, 4.69) is 10.1 Å². The molecule has 0 heterocycles. The normalized spacial score (nSPS) is 10.8. The lowest BCUT2D eigenvalue weighted by molar-refractivity contribution is -0.111. The second kappa shape index (κ2) is 9.20. The van der Waals surface area contributed by atoms with Gasteiger partial charge in [-0.2, -0.15) is 0 Å². The van der Waals surface area contributed by atoms with Gasteiger partial charge < -0.3 is 10.1 Å². The van der Waals surface area contributed by atoms with Crippen molar-refractivity contribution in [1.82, 2.24) is 0 Å². The van der Waals surface area contributed by atoms with Crippen LogP contribution in [0.2, 0.25) is 5.02 Å². The summed E-state index contributed by atoms with van der Waals surface area (Å²) in [5.74, 6) is -0.618. The lowest BCUT2D eigenvalue weighted by atomic mass is 10.0. The van der Waals surface area contributed by atoms with Crippen LogP contribution in [-0.2, 0) is 22.4 Å². The van der Waals surface area contributed by atoms with Gasteiger partial charge in [0.1, 0.15) is 0 Å². The van der Waals surface area contributed by atoms with Gasteiger partial charge in [-0.05, 0) is 53.8 Å². The van der Waals surface area contributed by atoms with E-state index in [0.717, 1.165) is 35.2 Å². The number of benzene rings is 2. The second-order valence-corrected chi connectivity index (χ2v) is 6.11. The summed E-state index contributed by atoms with van der Waals surface area (Å²) in [4.78, 5) is 23.8. The molecule has 0 atom stereocenters. The van der Waals surface area contributed by atoms with E-state index in [9.17, 15) is 9.59 Å². The number of ether oxygens (including phenoxy) is 1. The molecule has 0 fully saturated rings. The van der Waals surface area contributed by atoms with E-state index in [1.807, 2.05) is 26.0 Å². The van der Waals surface area contributed by atoms with Gasteiger partial charge in [0.25, 0.3) is 0 Å². The van der Waals surface area contributed by atoms with Gasteiger partial charge in [0.05, 0.1) is 12.7 Å². The van der Waals surface area contributed by atoms with Gasteiger partial charge in [-0.1, -0.05) is 43.6 Å². The average molecular weight is 372 g/mol. The minimum absolute atomic E-state index is 0.228.